The minimum atomic E-state index is -0.343. The van der Waals surface area contributed by atoms with Gasteiger partial charge in [0, 0.05) is 40.5 Å². The van der Waals surface area contributed by atoms with Gasteiger partial charge in [-0.05, 0) is 56.9 Å². The zero-order valence-corrected chi connectivity index (χ0v) is 18.4. The second-order valence-corrected chi connectivity index (χ2v) is 8.12. The van der Waals surface area contributed by atoms with E-state index in [0.717, 1.165) is 35.6 Å². The molecule has 0 radical (unpaired) electrons. The molecule has 0 aliphatic heterocycles. The van der Waals surface area contributed by atoms with Crippen LogP contribution in [0.15, 0.2) is 48.7 Å². The van der Waals surface area contributed by atoms with Crippen molar-refractivity contribution in [1.29, 1.82) is 0 Å². The molecule has 2 aromatic heterocycles. The van der Waals surface area contributed by atoms with E-state index in [2.05, 4.69) is 15.3 Å². The monoisotopic (exact) mass is 438 g/mol. The molecular formula is C23H24ClFN6. The van der Waals surface area contributed by atoms with Gasteiger partial charge in [-0.25, -0.2) is 9.37 Å². The Balaban J connectivity index is 1.78. The maximum Gasteiger partial charge on any atom is 0.165 e. The van der Waals surface area contributed by atoms with Crippen LogP contribution in [0.1, 0.15) is 5.69 Å². The summed E-state index contributed by atoms with van der Waals surface area (Å²) in [5.41, 5.74) is 11.1. The van der Waals surface area contributed by atoms with Crippen LogP contribution < -0.4 is 11.1 Å². The van der Waals surface area contributed by atoms with E-state index in [1.807, 2.05) is 39.2 Å². The Kier molecular flexibility index (Phi) is 5.80. The molecule has 0 aliphatic rings. The van der Waals surface area contributed by atoms with Crippen LogP contribution in [-0.4, -0.2) is 46.7 Å². The molecule has 3 N–H and O–H groups in total. The number of nitrogens with two attached hydrogens (primary N) is 1. The van der Waals surface area contributed by atoms with Gasteiger partial charge in [0.1, 0.15) is 11.6 Å². The lowest BCUT2D eigenvalue weighted by Gasteiger charge is -2.13. The topological polar surface area (TPSA) is 71.5 Å². The van der Waals surface area contributed by atoms with Gasteiger partial charge in [0.2, 0.25) is 0 Å². The van der Waals surface area contributed by atoms with E-state index in [4.69, 9.17) is 22.3 Å². The van der Waals surface area contributed by atoms with Crippen LogP contribution in [0, 0.1) is 12.7 Å². The van der Waals surface area contributed by atoms with Crippen LogP contribution in [0.25, 0.3) is 27.9 Å². The van der Waals surface area contributed by atoms with E-state index in [-0.39, 0.29) is 5.82 Å². The highest BCUT2D eigenvalue weighted by molar-refractivity contribution is 6.30. The van der Waals surface area contributed by atoms with Crippen molar-refractivity contribution >= 4 is 28.8 Å². The minimum absolute atomic E-state index is 0.343. The van der Waals surface area contributed by atoms with E-state index < -0.39 is 0 Å². The molecule has 2 aromatic carbocycles. The van der Waals surface area contributed by atoms with E-state index >= 15 is 0 Å². The number of likely N-dealkylation sites (N-methyl/N-ethyl adjacent to an activating group) is 1. The summed E-state index contributed by atoms with van der Waals surface area (Å²) < 4.78 is 16.3. The van der Waals surface area contributed by atoms with Crippen LogP contribution in [0.5, 0.6) is 0 Å². The van der Waals surface area contributed by atoms with Crippen molar-refractivity contribution in [1.82, 2.24) is 19.5 Å². The lowest BCUT2D eigenvalue weighted by atomic mass is 10.0. The summed E-state index contributed by atoms with van der Waals surface area (Å²) in [6, 6.07) is 12.4. The molecule has 0 bridgehead atoms. The highest BCUT2D eigenvalue weighted by atomic mass is 35.5. The van der Waals surface area contributed by atoms with Crippen LogP contribution >= 0.6 is 11.6 Å². The normalized spacial score (nSPS) is 11.4. The maximum atomic E-state index is 14.8. The molecule has 0 atom stereocenters. The summed E-state index contributed by atoms with van der Waals surface area (Å²) >= 11 is 6.15. The lowest BCUT2D eigenvalue weighted by molar-refractivity contribution is 0.425. The fourth-order valence-electron chi connectivity index (χ4n) is 3.59. The van der Waals surface area contributed by atoms with E-state index in [0.29, 0.717) is 27.6 Å². The molecule has 0 spiro atoms. The van der Waals surface area contributed by atoms with Crippen LogP contribution in [0.3, 0.4) is 0 Å². The second-order valence-electron chi connectivity index (χ2n) is 7.69. The lowest BCUT2D eigenvalue weighted by Crippen LogP contribution is -2.20. The largest absolute Gasteiger partial charge is 0.384 e. The Morgan fingerprint density at radius 1 is 1.16 bits per heavy atom. The first kappa shape index (κ1) is 21.1. The van der Waals surface area contributed by atoms with Crippen molar-refractivity contribution in [2.45, 2.75) is 6.92 Å². The van der Waals surface area contributed by atoms with E-state index in [1.165, 1.54) is 6.07 Å². The molecule has 2 heterocycles. The standard InChI is InChI=1S/C23H24ClFN6/c1-14-21(15-5-4-6-16(24)11-15)22(26)31-23(29-14)19(13-28-31)18-12-17(7-8-20(18)25)27-9-10-30(2)3/h4-8,11-13,27H,9-10,26H2,1-3H3. The molecule has 0 saturated heterocycles. The molecular weight excluding hydrogens is 415 g/mol. The molecule has 0 fully saturated rings. The van der Waals surface area contributed by atoms with Crippen molar-refractivity contribution in [3.05, 3.63) is 65.2 Å². The van der Waals surface area contributed by atoms with Crippen LogP contribution in [-0.2, 0) is 0 Å². The van der Waals surface area contributed by atoms with Crippen molar-refractivity contribution in [2.75, 3.05) is 38.2 Å². The molecule has 160 valence electrons. The maximum absolute atomic E-state index is 14.8. The van der Waals surface area contributed by atoms with Crippen LogP contribution in [0.2, 0.25) is 5.02 Å². The summed E-state index contributed by atoms with van der Waals surface area (Å²) in [7, 11) is 4.01. The highest BCUT2D eigenvalue weighted by Gasteiger charge is 2.19. The predicted octanol–water partition coefficient (Wildman–Crippen LogP) is 4.72. The van der Waals surface area contributed by atoms with Crippen LogP contribution in [0.4, 0.5) is 15.9 Å². The van der Waals surface area contributed by atoms with Gasteiger partial charge in [-0.2, -0.15) is 9.61 Å². The molecule has 0 amide bonds. The molecule has 6 nitrogen and oxygen atoms in total. The van der Waals surface area contributed by atoms with Gasteiger partial charge in [0.25, 0.3) is 0 Å². The average molecular weight is 439 g/mol. The number of rotatable bonds is 6. The summed E-state index contributed by atoms with van der Waals surface area (Å²) in [5.74, 6) is 0.0849. The summed E-state index contributed by atoms with van der Waals surface area (Å²) in [4.78, 5) is 6.80. The van der Waals surface area contributed by atoms with E-state index in [9.17, 15) is 4.39 Å². The Morgan fingerprint density at radius 2 is 1.97 bits per heavy atom. The number of aromatic nitrogens is 3. The first-order valence-electron chi connectivity index (χ1n) is 9.93. The SMILES string of the molecule is Cc1nc2c(-c3cc(NCCN(C)C)ccc3F)cnn2c(N)c1-c1cccc(Cl)c1. The highest BCUT2D eigenvalue weighted by Crippen LogP contribution is 2.34. The van der Waals surface area contributed by atoms with Crippen molar-refractivity contribution in [3.8, 4) is 22.3 Å². The molecule has 4 rings (SSSR count). The Bertz CT molecular complexity index is 1250. The number of aryl methyl sites for hydroxylation is 1. The third-order valence-electron chi connectivity index (χ3n) is 5.12. The number of fused-ring (bicyclic) bond motifs is 1. The minimum Gasteiger partial charge on any atom is -0.384 e. The van der Waals surface area contributed by atoms with Crippen molar-refractivity contribution < 1.29 is 4.39 Å². The number of nitrogens with zero attached hydrogens (tertiary/aromatic N) is 4. The third kappa shape index (κ3) is 4.19. The number of hydrogen-bond donors (Lipinski definition) is 2. The second kappa shape index (κ2) is 8.53. The van der Waals surface area contributed by atoms with Gasteiger partial charge in [-0.15, -0.1) is 0 Å². The molecule has 0 saturated carbocycles. The fraction of sp³-hybridized carbons (Fsp3) is 0.217. The molecule has 4 aromatic rings. The summed E-state index contributed by atoms with van der Waals surface area (Å²) in [5, 5.41) is 8.33. The fourth-order valence-corrected chi connectivity index (χ4v) is 3.78. The van der Waals surface area contributed by atoms with Gasteiger partial charge in [-0.1, -0.05) is 23.7 Å². The number of anilines is 2. The average Bonchev–Trinajstić information content (AvgIpc) is 3.13. The molecule has 8 heteroatoms. The number of nitrogens with one attached hydrogen (secondary N) is 1. The Hall–Kier alpha value is -3.16. The van der Waals surface area contributed by atoms with Gasteiger partial charge < -0.3 is 16.0 Å². The smallest absolute Gasteiger partial charge is 0.165 e. The summed E-state index contributed by atoms with van der Waals surface area (Å²) in [6.07, 6.45) is 1.60. The Labute approximate surface area is 185 Å². The number of halogens is 2. The molecule has 31 heavy (non-hydrogen) atoms. The zero-order chi connectivity index (χ0) is 22.1. The molecule has 0 aliphatic carbocycles. The van der Waals surface area contributed by atoms with Crippen molar-refractivity contribution in [2.24, 2.45) is 0 Å². The predicted molar refractivity (Wildman–Crippen MR) is 125 cm³/mol. The zero-order valence-electron chi connectivity index (χ0n) is 17.7. The van der Waals surface area contributed by atoms with Gasteiger partial charge in [0.05, 0.1) is 11.9 Å². The van der Waals surface area contributed by atoms with Crippen molar-refractivity contribution in [3.63, 3.8) is 0 Å². The quantitative estimate of drug-likeness (QED) is 0.455. The van der Waals surface area contributed by atoms with E-state index in [1.54, 1.807) is 28.9 Å². The summed E-state index contributed by atoms with van der Waals surface area (Å²) in [6.45, 7) is 3.49. The number of benzene rings is 2. The first-order chi connectivity index (χ1) is 14.8. The Morgan fingerprint density at radius 3 is 2.71 bits per heavy atom. The van der Waals surface area contributed by atoms with Gasteiger partial charge >= 0.3 is 0 Å². The number of nitrogen functional groups attached to an aromatic ring is 1. The van der Waals surface area contributed by atoms with Gasteiger partial charge in [-0.3, -0.25) is 0 Å². The third-order valence-corrected chi connectivity index (χ3v) is 5.36. The number of hydrogen-bond acceptors (Lipinski definition) is 5. The first-order valence-corrected chi connectivity index (χ1v) is 10.3. The van der Waals surface area contributed by atoms with Gasteiger partial charge in [0.15, 0.2) is 5.65 Å². The molecule has 0 unspecified atom stereocenters.